The van der Waals surface area contributed by atoms with Crippen LogP contribution in [0.4, 0.5) is 0 Å². The van der Waals surface area contributed by atoms with E-state index in [4.69, 9.17) is 0 Å². The van der Waals surface area contributed by atoms with Gasteiger partial charge < -0.3 is 10.2 Å². The summed E-state index contributed by atoms with van der Waals surface area (Å²) in [5.74, 6) is 0.832. The average molecular weight is 250 g/mol. The smallest absolute Gasteiger partial charge is 0.249 e. The van der Waals surface area contributed by atoms with Crippen molar-refractivity contribution in [1.29, 1.82) is 0 Å². The van der Waals surface area contributed by atoms with E-state index in [1.807, 2.05) is 6.92 Å². The van der Waals surface area contributed by atoms with E-state index in [-0.39, 0.29) is 5.91 Å². The fourth-order valence-electron chi connectivity index (χ4n) is 2.89. The predicted molar refractivity (Wildman–Crippen MR) is 74.4 cm³/mol. The first-order valence-electron chi connectivity index (χ1n) is 7.30. The molecule has 3 heteroatoms. The molecule has 18 heavy (non-hydrogen) atoms. The first kappa shape index (κ1) is 13.6. The summed E-state index contributed by atoms with van der Waals surface area (Å²) >= 11 is 0. The highest BCUT2D eigenvalue weighted by atomic mass is 16.2. The minimum Gasteiger partial charge on any atom is -0.336 e. The van der Waals surface area contributed by atoms with E-state index in [0.29, 0.717) is 12.0 Å². The van der Waals surface area contributed by atoms with Crippen molar-refractivity contribution in [2.24, 2.45) is 5.92 Å². The Labute approximate surface area is 111 Å². The Morgan fingerprint density at radius 1 is 1.33 bits per heavy atom. The second-order valence-corrected chi connectivity index (χ2v) is 6.12. The molecule has 1 heterocycles. The van der Waals surface area contributed by atoms with E-state index in [0.717, 1.165) is 25.2 Å². The maximum atomic E-state index is 12.6. The molecule has 2 fully saturated rings. The summed E-state index contributed by atoms with van der Waals surface area (Å²) in [7, 11) is 0. The van der Waals surface area contributed by atoms with Crippen LogP contribution in [0.15, 0.2) is 11.1 Å². The van der Waals surface area contributed by atoms with Gasteiger partial charge in [0.1, 0.15) is 0 Å². The molecular formula is C15H26N2O. The molecule has 2 rings (SSSR count). The normalized spacial score (nSPS) is 20.1. The summed E-state index contributed by atoms with van der Waals surface area (Å²) in [4.78, 5) is 14.8. The van der Waals surface area contributed by atoms with Gasteiger partial charge in [-0.2, -0.15) is 0 Å². The molecule has 0 aromatic heterocycles. The molecule has 1 saturated carbocycles. The van der Waals surface area contributed by atoms with Crippen LogP contribution in [0, 0.1) is 5.92 Å². The molecule has 1 aliphatic heterocycles. The lowest BCUT2D eigenvalue weighted by molar-refractivity contribution is -0.130. The number of rotatable bonds is 4. The van der Waals surface area contributed by atoms with Gasteiger partial charge in [0.25, 0.3) is 0 Å². The number of nitrogens with one attached hydrogen (secondary N) is 1. The van der Waals surface area contributed by atoms with E-state index < -0.39 is 0 Å². The largest absolute Gasteiger partial charge is 0.336 e. The topological polar surface area (TPSA) is 32.3 Å². The molecule has 1 amide bonds. The van der Waals surface area contributed by atoms with E-state index in [1.165, 1.54) is 31.3 Å². The summed E-state index contributed by atoms with van der Waals surface area (Å²) in [5, 5.41) is 3.22. The van der Waals surface area contributed by atoms with Crippen molar-refractivity contribution in [2.75, 3.05) is 19.6 Å². The van der Waals surface area contributed by atoms with Gasteiger partial charge in [-0.05, 0) is 31.3 Å². The molecule has 0 spiro atoms. The lowest BCUT2D eigenvalue weighted by atomic mass is 10.0. The Hall–Kier alpha value is -0.830. The van der Waals surface area contributed by atoms with Crippen LogP contribution in [0.1, 0.15) is 46.5 Å². The third-order valence-corrected chi connectivity index (χ3v) is 4.12. The number of nitrogens with zero attached hydrogens (tertiary/aromatic N) is 1. The monoisotopic (exact) mass is 250 g/mol. The van der Waals surface area contributed by atoms with Crippen LogP contribution >= 0.6 is 0 Å². The van der Waals surface area contributed by atoms with Gasteiger partial charge in [0.05, 0.1) is 0 Å². The van der Waals surface area contributed by atoms with Crippen molar-refractivity contribution in [3.05, 3.63) is 11.1 Å². The van der Waals surface area contributed by atoms with Crippen molar-refractivity contribution in [3.63, 3.8) is 0 Å². The fraction of sp³-hybridized carbons (Fsp3) is 0.800. The number of amides is 1. The Kier molecular flexibility index (Phi) is 4.44. The second-order valence-electron chi connectivity index (χ2n) is 6.12. The van der Waals surface area contributed by atoms with Gasteiger partial charge in [0.2, 0.25) is 5.91 Å². The molecule has 0 unspecified atom stereocenters. The molecule has 0 bridgehead atoms. The van der Waals surface area contributed by atoms with E-state index >= 15 is 0 Å². The average Bonchev–Trinajstić information content (AvgIpc) is 2.75. The minimum atomic E-state index is 0.284. The zero-order valence-corrected chi connectivity index (χ0v) is 12.0. The first-order chi connectivity index (χ1) is 8.59. The predicted octanol–water partition coefficient (Wildman–Crippen LogP) is 2.33. The van der Waals surface area contributed by atoms with E-state index in [2.05, 4.69) is 24.1 Å². The summed E-state index contributed by atoms with van der Waals surface area (Å²) < 4.78 is 0. The van der Waals surface area contributed by atoms with Gasteiger partial charge in [-0.15, -0.1) is 0 Å². The zero-order chi connectivity index (χ0) is 13.1. The molecule has 3 nitrogen and oxygen atoms in total. The molecule has 2 aliphatic rings. The van der Waals surface area contributed by atoms with Crippen molar-refractivity contribution in [3.8, 4) is 0 Å². The molecule has 0 atom stereocenters. The minimum absolute atomic E-state index is 0.284. The summed E-state index contributed by atoms with van der Waals surface area (Å²) in [6, 6.07) is 0.489. The number of carbonyl (C=O) groups is 1. The van der Waals surface area contributed by atoms with Crippen LogP contribution in [-0.2, 0) is 4.79 Å². The Balaban J connectivity index is 2.09. The van der Waals surface area contributed by atoms with E-state index in [9.17, 15) is 4.79 Å². The van der Waals surface area contributed by atoms with Crippen molar-refractivity contribution >= 4 is 5.91 Å². The van der Waals surface area contributed by atoms with Crippen LogP contribution < -0.4 is 5.32 Å². The van der Waals surface area contributed by atoms with Crippen LogP contribution in [-0.4, -0.2) is 36.5 Å². The Bertz CT molecular complexity index is 334. The molecular weight excluding hydrogens is 224 g/mol. The SMILES string of the molecule is CC(C(=O)N(CC(C)C)C1CCCC1)=C1CNC1. The van der Waals surface area contributed by atoms with Gasteiger partial charge in [0.15, 0.2) is 0 Å². The molecule has 0 aromatic carbocycles. The van der Waals surface area contributed by atoms with Gasteiger partial charge in [-0.25, -0.2) is 0 Å². The molecule has 102 valence electrons. The lowest BCUT2D eigenvalue weighted by Crippen LogP contribution is -2.44. The quantitative estimate of drug-likeness (QED) is 0.777. The molecule has 1 N–H and O–H groups in total. The fourth-order valence-corrected chi connectivity index (χ4v) is 2.89. The Morgan fingerprint density at radius 2 is 1.94 bits per heavy atom. The summed E-state index contributed by atoms with van der Waals surface area (Å²) in [6.45, 7) is 9.10. The van der Waals surface area contributed by atoms with Crippen LogP contribution in [0.5, 0.6) is 0 Å². The zero-order valence-electron chi connectivity index (χ0n) is 12.0. The highest BCUT2D eigenvalue weighted by molar-refractivity contribution is 5.94. The molecule has 0 radical (unpaired) electrons. The number of hydrogen-bond acceptors (Lipinski definition) is 2. The molecule has 1 aliphatic carbocycles. The Morgan fingerprint density at radius 3 is 2.39 bits per heavy atom. The molecule has 1 saturated heterocycles. The highest BCUT2D eigenvalue weighted by Crippen LogP contribution is 2.26. The highest BCUT2D eigenvalue weighted by Gasteiger charge is 2.29. The first-order valence-corrected chi connectivity index (χ1v) is 7.30. The lowest BCUT2D eigenvalue weighted by Gasteiger charge is -2.32. The van der Waals surface area contributed by atoms with Crippen molar-refractivity contribution < 1.29 is 4.79 Å². The van der Waals surface area contributed by atoms with E-state index in [1.54, 1.807) is 0 Å². The third kappa shape index (κ3) is 2.94. The van der Waals surface area contributed by atoms with Crippen LogP contribution in [0.2, 0.25) is 0 Å². The van der Waals surface area contributed by atoms with Gasteiger partial charge >= 0.3 is 0 Å². The van der Waals surface area contributed by atoms with Gasteiger partial charge in [-0.3, -0.25) is 4.79 Å². The second kappa shape index (κ2) is 5.87. The molecule has 0 aromatic rings. The van der Waals surface area contributed by atoms with Crippen molar-refractivity contribution in [2.45, 2.75) is 52.5 Å². The summed E-state index contributed by atoms with van der Waals surface area (Å²) in [6.07, 6.45) is 4.95. The van der Waals surface area contributed by atoms with Crippen LogP contribution in [0.3, 0.4) is 0 Å². The standard InChI is InChI=1S/C15H26N2O/c1-11(2)10-17(14-6-4-5-7-14)15(18)12(3)13-8-16-9-13/h11,14,16H,4-10H2,1-3H3. The van der Waals surface area contributed by atoms with Crippen molar-refractivity contribution in [1.82, 2.24) is 10.2 Å². The third-order valence-electron chi connectivity index (χ3n) is 4.12. The number of hydrogen-bond donors (Lipinski definition) is 1. The summed E-state index contributed by atoms with van der Waals surface area (Å²) in [5.41, 5.74) is 2.29. The number of carbonyl (C=O) groups excluding carboxylic acids is 1. The maximum absolute atomic E-state index is 12.6. The maximum Gasteiger partial charge on any atom is 0.249 e. The van der Waals surface area contributed by atoms with Gasteiger partial charge in [0, 0.05) is 31.2 Å². The van der Waals surface area contributed by atoms with Crippen LogP contribution in [0.25, 0.3) is 0 Å². The van der Waals surface area contributed by atoms with Gasteiger partial charge in [-0.1, -0.05) is 26.7 Å².